The van der Waals surface area contributed by atoms with Crippen LogP contribution in [0.3, 0.4) is 0 Å². The Morgan fingerprint density at radius 1 is 1.14 bits per heavy atom. The van der Waals surface area contributed by atoms with Crippen molar-refractivity contribution in [1.29, 1.82) is 0 Å². The summed E-state index contributed by atoms with van der Waals surface area (Å²) in [4.78, 5) is 2.51. The fourth-order valence-electron chi connectivity index (χ4n) is 2.05. The van der Waals surface area contributed by atoms with Gasteiger partial charge in [-0.1, -0.05) is 24.3 Å². The van der Waals surface area contributed by atoms with Crippen molar-refractivity contribution in [3.8, 4) is 0 Å². The van der Waals surface area contributed by atoms with Gasteiger partial charge in [-0.3, -0.25) is 4.90 Å². The van der Waals surface area contributed by atoms with Crippen molar-refractivity contribution in [2.24, 2.45) is 5.73 Å². The minimum absolute atomic E-state index is 0.647. The van der Waals surface area contributed by atoms with Gasteiger partial charge in [0.1, 0.15) is 0 Å². The maximum absolute atomic E-state index is 5.61. The predicted molar refractivity (Wildman–Crippen MR) is 58.8 cm³/mol. The molecule has 2 rings (SSSR count). The largest absolute Gasteiger partial charge is 0.326 e. The molecule has 1 fully saturated rings. The molecule has 0 unspecified atom stereocenters. The maximum atomic E-state index is 5.61. The zero-order valence-corrected chi connectivity index (χ0v) is 8.58. The summed E-state index contributed by atoms with van der Waals surface area (Å²) < 4.78 is 0. The number of benzene rings is 1. The molecule has 2 nitrogen and oxygen atoms in total. The fraction of sp³-hybridized carbons (Fsp3) is 0.500. The Morgan fingerprint density at radius 2 is 1.86 bits per heavy atom. The molecule has 0 aliphatic carbocycles. The summed E-state index contributed by atoms with van der Waals surface area (Å²) >= 11 is 0. The van der Waals surface area contributed by atoms with Gasteiger partial charge in [-0.2, -0.15) is 0 Å². The Morgan fingerprint density at radius 3 is 2.57 bits per heavy atom. The van der Waals surface area contributed by atoms with Crippen LogP contribution in [0.1, 0.15) is 24.0 Å². The Hall–Kier alpha value is -0.860. The molecule has 2 N–H and O–H groups in total. The standard InChI is InChI=1S/C12H18N2/c13-9-11-4-3-5-12(8-11)10-14-6-1-2-7-14/h3-5,8H,1-2,6-7,9-10,13H2. The first-order chi connectivity index (χ1) is 6.88. The molecule has 1 saturated heterocycles. The zero-order valence-electron chi connectivity index (χ0n) is 8.58. The first-order valence-corrected chi connectivity index (χ1v) is 5.39. The topological polar surface area (TPSA) is 29.3 Å². The lowest BCUT2D eigenvalue weighted by atomic mass is 10.1. The average Bonchev–Trinajstić information content (AvgIpc) is 2.71. The quantitative estimate of drug-likeness (QED) is 0.786. The van der Waals surface area contributed by atoms with Crippen LogP contribution in [0.15, 0.2) is 24.3 Å². The van der Waals surface area contributed by atoms with Gasteiger partial charge in [-0.05, 0) is 37.1 Å². The molecule has 0 bridgehead atoms. The van der Waals surface area contributed by atoms with E-state index in [2.05, 4.69) is 29.2 Å². The molecule has 1 aliphatic rings. The van der Waals surface area contributed by atoms with Crippen LogP contribution in [-0.2, 0) is 13.1 Å². The highest BCUT2D eigenvalue weighted by atomic mass is 15.1. The van der Waals surface area contributed by atoms with Crippen LogP contribution in [0, 0.1) is 0 Å². The summed E-state index contributed by atoms with van der Waals surface area (Å²) in [7, 11) is 0. The van der Waals surface area contributed by atoms with Crippen LogP contribution in [-0.4, -0.2) is 18.0 Å². The minimum Gasteiger partial charge on any atom is -0.326 e. The van der Waals surface area contributed by atoms with Gasteiger partial charge in [-0.15, -0.1) is 0 Å². The molecule has 1 heterocycles. The van der Waals surface area contributed by atoms with Gasteiger partial charge < -0.3 is 5.73 Å². The number of nitrogens with zero attached hydrogens (tertiary/aromatic N) is 1. The van der Waals surface area contributed by atoms with Gasteiger partial charge in [-0.25, -0.2) is 0 Å². The van der Waals surface area contributed by atoms with E-state index in [4.69, 9.17) is 5.73 Å². The number of hydrogen-bond acceptors (Lipinski definition) is 2. The summed E-state index contributed by atoms with van der Waals surface area (Å²) in [6.07, 6.45) is 2.72. The Labute approximate surface area is 85.7 Å². The monoisotopic (exact) mass is 190 g/mol. The van der Waals surface area contributed by atoms with Gasteiger partial charge in [0.15, 0.2) is 0 Å². The summed E-state index contributed by atoms with van der Waals surface area (Å²) in [5.41, 5.74) is 8.25. The Balaban J connectivity index is 2.00. The van der Waals surface area contributed by atoms with Crippen LogP contribution in [0.4, 0.5) is 0 Å². The maximum Gasteiger partial charge on any atom is 0.0233 e. The van der Waals surface area contributed by atoms with Crippen molar-refractivity contribution in [1.82, 2.24) is 4.90 Å². The van der Waals surface area contributed by atoms with Crippen LogP contribution >= 0.6 is 0 Å². The lowest BCUT2D eigenvalue weighted by Gasteiger charge is -2.14. The summed E-state index contributed by atoms with van der Waals surface area (Å²) in [6, 6.07) is 8.61. The van der Waals surface area contributed by atoms with Gasteiger partial charge in [0.25, 0.3) is 0 Å². The van der Waals surface area contributed by atoms with Crippen LogP contribution < -0.4 is 5.73 Å². The van der Waals surface area contributed by atoms with Crippen LogP contribution in [0.2, 0.25) is 0 Å². The molecule has 0 radical (unpaired) electrons. The molecular weight excluding hydrogens is 172 g/mol. The number of hydrogen-bond donors (Lipinski definition) is 1. The third-order valence-corrected chi connectivity index (χ3v) is 2.83. The third kappa shape index (κ3) is 2.34. The highest BCUT2D eigenvalue weighted by Gasteiger charge is 2.11. The molecule has 0 aromatic heterocycles. The van der Waals surface area contributed by atoms with Crippen LogP contribution in [0.5, 0.6) is 0 Å². The van der Waals surface area contributed by atoms with E-state index in [-0.39, 0.29) is 0 Å². The zero-order chi connectivity index (χ0) is 9.80. The SMILES string of the molecule is NCc1cccc(CN2CCCC2)c1. The molecule has 0 saturated carbocycles. The molecule has 0 amide bonds. The van der Waals surface area contributed by atoms with Crippen molar-refractivity contribution < 1.29 is 0 Å². The van der Waals surface area contributed by atoms with Gasteiger partial charge in [0, 0.05) is 13.1 Å². The Bertz CT molecular complexity index is 290. The molecular formula is C12H18N2. The smallest absolute Gasteiger partial charge is 0.0233 e. The third-order valence-electron chi connectivity index (χ3n) is 2.83. The lowest BCUT2D eigenvalue weighted by Crippen LogP contribution is -2.18. The first kappa shape index (κ1) is 9.69. The lowest BCUT2D eigenvalue weighted by molar-refractivity contribution is 0.331. The van der Waals surface area contributed by atoms with E-state index in [1.807, 2.05) is 0 Å². The second-order valence-corrected chi connectivity index (χ2v) is 4.01. The second kappa shape index (κ2) is 4.58. The van der Waals surface area contributed by atoms with E-state index in [1.165, 1.54) is 37.1 Å². The molecule has 1 aromatic rings. The summed E-state index contributed by atoms with van der Waals surface area (Å²) in [6.45, 7) is 4.25. The van der Waals surface area contributed by atoms with E-state index in [0.29, 0.717) is 6.54 Å². The van der Waals surface area contributed by atoms with Crippen molar-refractivity contribution in [3.63, 3.8) is 0 Å². The summed E-state index contributed by atoms with van der Waals surface area (Å²) in [5.74, 6) is 0. The van der Waals surface area contributed by atoms with Crippen molar-refractivity contribution >= 4 is 0 Å². The summed E-state index contributed by atoms with van der Waals surface area (Å²) in [5, 5.41) is 0. The molecule has 0 atom stereocenters. The van der Waals surface area contributed by atoms with E-state index < -0.39 is 0 Å². The van der Waals surface area contributed by atoms with Crippen molar-refractivity contribution in [2.75, 3.05) is 13.1 Å². The minimum atomic E-state index is 0.647. The highest BCUT2D eigenvalue weighted by Crippen LogP contribution is 2.13. The normalized spacial score (nSPS) is 17.5. The molecule has 14 heavy (non-hydrogen) atoms. The van der Waals surface area contributed by atoms with Gasteiger partial charge in [0.2, 0.25) is 0 Å². The van der Waals surface area contributed by atoms with Crippen LogP contribution in [0.25, 0.3) is 0 Å². The number of likely N-dealkylation sites (tertiary alicyclic amines) is 1. The number of rotatable bonds is 3. The van der Waals surface area contributed by atoms with Gasteiger partial charge >= 0.3 is 0 Å². The molecule has 76 valence electrons. The predicted octanol–water partition coefficient (Wildman–Crippen LogP) is 1.74. The Kier molecular flexibility index (Phi) is 3.17. The van der Waals surface area contributed by atoms with Crippen molar-refractivity contribution in [2.45, 2.75) is 25.9 Å². The van der Waals surface area contributed by atoms with Gasteiger partial charge in [0.05, 0.1) is 0 Å². The molecule has 2 heteroatoms. The highest BCUT2D eigenvalue weighted by molar-refractivity contribution is 5.23. The van der Waals surface area contributed by atoms with E-state index in [0.717, 1.165) is 6.54 Å². The van der Waals surface area contributed by atoms with E-state index in [1.54, 1.807) is 0 Å². The van der Waals surface area contributed by atoms with Crippen molar-refractivity contribution in [3.05, 3.63) is 35.4 Å². The van der Waals surface area contributed by atoms with E-state index in [9.17, 15) is 0 Å². The molecule has 0 spiro atoms. The number of nitrogens with two attached hydrogens (primary N) is 1. The molecule has 1 aliphatic heterocycles. The second-order valence-electron chi connectivity index (χ2n) is 4.01. The van der Waals surface area contributed by atoms with E-state index >= 15 is 0 Å². The average molecular weight is 190 g/mol. The fourth-order valence-corrected chi connectivity index (χ4v) is 2.05. The molecule has 1 aromatic carbocycles. The first-order valence-electron chi connectivity index (χ1n) is 5.39.